The first-order valence-corrected chi connectivity index (χ1v) is 4.65. The molecule has 6 N–H and O–H groups in total. The summed E-state index contributed by atoms with van der Waals surface area (Å²) < 4.78 is 0. The molecule has 2 atom stereocenters. The number of phenols is 1. The Morgan fingerprint density at radius 3 is 2.79 bits per heavy atom. The fraction of sp³-hybridized carbons (Fsp3) is 0.400. The number of anilines is 1. The Balaban J connectivity index is 2.53. The van der Waals surface area contributed by atoms with E-state index in [4.69, 9.17) is 11.5 Å². The maximum Gasteiger partial charge on any atom is 0.138 e. The molecular formula is C10H14N2O2. The molecule has 4 nitrogen and oxygen atoms in total. The van der Waals surface area contributed by atoms with Gasteiger partial charge in [-0.05, 0) is 30.0 Å². The number of aromatic hydroxyl groups is 1. The highest BCUT2D eigenvalue weighted by Crippen LogP contribution is 2.36. The molecule has 0 fully saturated rings. The molecule has 0 radical (unpaired) electrons. The molecule has 0 bridgehead atoms. The van der Waals surface area contributed by atoms with Gasteiger partial charge < -0.3 is 21.7 Å². The highest BCUT2D eigenvalue weighted by molar-refractivity contribution is 5.61. The second kappa shape index (κ2) is 3.15. The number of phenolic OH excluding ortho intramolecular Hbond substituents is 1. The molecule has 2 rings (SSSR count). The number of rotatable bonds is 0. The third-order valence-electron chi connectivity index (χ3n) is 2.82. The molecular weight excluding hydrogens is 180 g/mol. The van der Waals surface area contributed by atoms with E-state index < -0.39 is 6.10 Å². The van der Waals surface area contributed by atoms with Crippen molar-refractivity contribution < 1.29 is 10.2 Å². The fourth-order valence-corrected chi connectivity index (χ4v) is 1.92. The Hall–Kier alpha value is -1.26. The van der Waals surface area contributed by atoms with Crippen molar-refractivity contribution in [2.75, 3.05) is 5.73 Å². The summed E-state index contributed by atoms with van der Waals surface area (Å²) in [5.41, 5.74) is 13.4. The van der Waals surface area contributed by atoms with Crippen LogP contribution in [0, 0.1) is 0 Å². The molecule has 4 heteroatoms. The minimum absolute atomic E-state index is 0.0754. The first kappa shape index (κ1) is 9.30. The monoisotopic (exact) mass is 194 g/mol. The van der Waals surface area contributed by atoms with Crippen LogP contribution in [0.2, 0.25) is 0 Å². The molecule has 0 aliphatic heterocycles. The predicted octanol–water partition coefficient (Wildman–Crippen LogP) is 0.281. The topological polar surface area (TPSA) is 92.5 Å². The van der Waals surface area contributed by atoms with Crippen LogP contribution in [-0.4, -0.2) is 16.3 Å². The van der Waals surface area contributed by atoms with Crippen LogP contribution >= 0.6 is 0 Å². The first-order valence-electron chi connectivity index (χ1n) is 4.65. The molecule has 0 amide bonds. The highest BCUT2D eigenvalue weighted by Gasteiger charge is 2.26. The number of hydrogen-bond donors (Lipinski definition) is 4. The van der Waals surface area contributed by atoms with Crippen molar-refractivity contribution in [3.63, 3.8) is 0 Å². The molecule has 0 heterocycles. The summed E-state index contributed by atoms with van der Waals surface area (Å²) >= 11 is 0. The van der Waals surface area contributed by atoms with Crippen LogP contribution in [0.4, 0.5) is 5.69 Å². The van der Waals surface area contributed by atoms with Gasteiger partial charge in [-0.2, -0.15) is 0 Å². The first-order chi connectivity index (χ1) is 6.61. The number of hydrogen-bond acceptors (Lipinski definition) is 4. The van der Waals surface area contributed by atoms with Crippen molar-refractivity contribution in [2.24, 2.45) is 5.73 Å². The largest absolute Gasteiger partial charge is 0.506 e. The van der Waals surface area contributed by atoms with Gasteiger partial charge in [0.2, 0.25) is 0 Å². The molecule has 0 saturated heterocycles. The number of nitrogens with two attached hydrogens (primary N) is 2. The normalized spacial score (nSPS) is 25.9. The minimum atomic E-state index is -0.665. The van der Waals surface area contributed by atoms with Gasteiger partial charge in [-0.3, -0.25) is 0 Å². The summed E-state index contributed by atoms with van der Waals surface area (Å²) in [7, 11) is 0. The maximum absolute atomic E-state index is 9.78. The predicted molar refractivity (Wildman–Crippen MR) is 53.8 cm³/mol. The van der Waals surface area contributed by atoms with Crippen molar-refractivity contribution in [1.29, 1.82) is 0 Å². The fourth-order valence-electron chi connectivity index (χ4n) is 1.92. The Kier molecular flexibility index (Phi) is 2.09. The molecule has 14 heavy (non-hydrogen) atoms. The minimum Gasteiger partial charge on any atom is -0.506 e. The molecule has 1 aromatic carbocycles. The summed E-state index contributed by atoms with van der Waals surface area (Å²) in [4.78, 5) is 0. The number of aliphatic hydroxyl groups excluding tert-OH is 1. The Morgan fingerprint density at radius 1 is 1.36 bits per heavy atom. The lowest BCUT2D eigenvalue weighted by Gasteiger charge is -2.28. The Bertz CT molecular complexity index is 365. The SMILES string of the molecule is Nc1c(O)ccc2c1CCC(N)C2O. The molecule has 1 aliphatic carbocycles. The van der Waals surface area contributed by atoms with Gasteiger partial charge in [0.25, 0.3) is 0 Å². The van der Waals surface area contributed by atoms with E-state index in [2.05, 4.69) is 0 Å². The van der Waals surface area contributed by atoms with E-state index in [1.165, 1.54) is 6.07 Å². The molecule has 0 spiro atoms. The van der Waals surface area contributed by atoms with E-state index in [-0.39, 0.29) is 11.8 Å². The molecule has 0 saturated carbocycles. The van der Waals surface area contributed by atoms with Crippen molar-refractivity contribution >= 4 is 5.69 Å². The van der Waals surface area contributed by atoms with Crippen molar-refractivity contribution in [3.05, 3.63) is 23.3 Å². The lowest BCUT2D eigenvalue weighted by atomic mass is 9.85. The smallest absolute Gasteiger partial charge is 0.138 e. The zero-order valence-corrected chi connectivity index (χ0v) is 7.77. The highest BCUT2D eigenvalue weighted by atomic mass is 16.3. The number of benzene rings is 1. The quantitative estimate of drug-likeness (QED) is 0.352. The van der Waals surface area contributed by atoms with Crippen LogP contribution in [0.15, 0.2) is 12.1 Å². The van der Waals surface area contributed by atoms with E-state index >= 15 is 0 Å². The Morgan fingerprint density at radius 2 is 2.07 bits per heavy atom. The van der Waals surface area contributed by atoms with Crippen LogP contribution in [0.5, 0.6) is 5.75 Å². The van der Waals surface area contributed by atoms with Gasteiger partial charge in [-0.25, -0.2) is 0 Å². The summed E-state index contributed by atoms with van der Waals surface area (Å²) in [6, 6.07) is 2.95. The number of nitrogen functional groups attached to an aromatic ring is 1. The van der Waals surface area contributed by atoms with E-state index in [0.29, 0.717) is 18.5 Å². The summed E-state index contributed by atoms with van der Waals surface area (Å²) in [5.74, 6) is 0.0754. The third kappa shape index (κ3) is 1.23. The average molecular weight is 194 g/mol. The van der Waals surface area contributed by atoms with Crippen LogP contribution in [0.1, 0.15) is 23.7 Å². The van der Waals surface area contributed by atoms with E-state index in [1.807, 2.05) is 0 Å². The molecule has 2 unspecified atom stereocenters. The lowest BCUT2D eigenvalue weighted by Crippen LogP contribution is -2.33. The number of aliphatic hydroxyl groups is 1. The van der Waals surface area contributed by atoms with Crippen LogP contribution in [0.25, 0.3) is 0 Å². The zero-order chi connectivity index (χ0) is 10.3. The van der Waals surface area contributed by atoms with Gasteiger partial charge in [0.05, 0.1) is 11.8 Å². The summed E-state index contributed by atoms with van der Waals surface area (Å²) in [6.45, 7) is 0. The molecule has 1 aliphatic rings. The summed E-state index contributed by atoms with van der Waals surface area (Å²) in [6.07, 6.45) is 0.747. The van der Waals surface area contributed by atoms with Gasteiger partial charge in [-0.15, -0.1) is 0 Å². The summed E-state index contributed by atoms with van der Waals surface area (Å²) in [5, 5.41) is 19.2. The van der Waals surface area contributed by atoms with Gasteiger partial charge in [0.15, 0.2) is 0 Å². The second-order valence-corrected chi connectivity index (χ2v) is 3.71. The van der Waals surface area contributed by atoms with Gasteiger partial charge >= 0.3 is 0 Å². The lowest BCUT2D eigenvalue weighted by molar-refractivity contribution is 0.134. The van der Waals surface area contributed by atoms with E-state index in [0.717, 1.165) is 11.1 Å². The van der Waals surface area contributed by atoms with E-state index in [9.17, 15) is 10.2 Å². The van der Waals surface area contributed by atoms with E-state index in [1.54, 1.807) is 6.07 Å². The standard InChI is InChI=1S/C10H14N2O2/c11-7-3-1-5-6(10(7)14)2-4-8(13)9(5)12/h2,4,7,10,13-14H,1,3,11-12H2. The van der Waals surface area contributed by atoms with Gasteiger partial charge in [-0.1, -0.05) is 6.07 Å². The molecule has 1 aromatic rings. The molecule has 0 aromatic heterocycles. The van der Waals surface area contributed by atoms with Crippen molar-refractivity contribution in [2.45, 2.75) is 25.0 Å². The van der Waals surface area contributed by atoms with Crippen LogP contribution < -0.4 is 11.5 Å². The molecule has 76 valence electrons. The van der Waals surface area contributed by atoms with Crippen molar-refractivity contribution in [3.8, 4) is 5.75 Å². The zero-order valence-electron chi connectivity index (χ0n) is 7.77. The Labute approximate surface area is 82.2 Å². The average Bonchev–Trinajstić information content (AvgIpc) is 2.17. The van der Waals surface area contributed by atoms with Gasteiger partial charge in [0.1, 0.15) is 5.75 Å². The van der Waals surface area contributed by atoms with Gasteiger partial charge in [0, 0.05) is 6.04 Å². The number of fused-ring (bicyclic) bond motifs is 1. The third-order valence-corrected chi connectivity index (χ3v) is 2.82. The van der Waals surface area contributed by atoms with Crippen LogP contribution in [0.3, 0.4) is 0 Å². The second-order valence-electron chi connectivity index (χ2n) is 3.71. The van der Waals surface area contributed by atoms with Crippen LogP contribution in [-0.2, 0) is 6.42 Å². The van der Waals surface area contributed by atoms with Crippen molar-refractivity contribution in [1.82, 2.24) is 0 Å². The maximum atomic E-state index is 9.78.